The molecule has 90 valence electrons. The molecule has 0 saturated heterocycles. The van der Waals surface area contributed by atoms with E-state index in [0.29, 0.717) is 22.9 Å². The van der Waals surface area contributed by atoms with Crippen LogP contribution >= 0.6 is 12.2 Å². The standard InChI is InChI=1S/C13H11N3OS/c1-2-7-16-12(14-15-13(16)18)11-8-9-5-3-4-6-10(9)17-11/h2-6,8H,1,7H2,(H,15,18). The Kier molecular flexibility index (Phi) is 2.60. The molecule has 0 atom stereocenters. The molecular formula is C13H11N3OS. The Hall–Kier alpha value is -2.14. The predicted octanol–water partition coefficient (Wildman–Crippen LogP) is 3.54. The molecule has 0 radical (unpaired) electrons. The van der Waals surface area contributed by atoms with Crippen molar-refractivity contribution in [2.45, 2.75) is 6.54 Å². The highest BCUT2D eigenvalue weighted by atomic mass is 32.1. The number of nitrogens with zero attached hydrogens (tertiary/aromatic N) is 2. The maximum absolute atomic E-state index is 5.77. The van der Waals surface area contributed by atoms with Crippen LogP contribution in [0.1, 0.15) is 0 Å². The maximum Gasteiger partial charge on any atom is 0.198 e. The number of furan rings is 1. The average Bonchev–Trinajstić information content (AvgIpc) is 2.94. The summed E-state index contributed by atoms with van der Waals surface area (Å²) in [5.74, 6) is 1.39. The van der Waals surface area contributed by atoms with Gasteiger partial charge in [0.05, 0.1) is 0 Å². The molecule has 4 nitrogen and oxygen atoms in total. The van der Waals surface area contributed by atoms with Gasteiger partial charge in [-0.25, -0.2) is 0 Å². The summed E-state index contributed by atoms with van der Waals surface area (Å²) >= 11 is 5.17. The van der Waals surface area contributed by atoms with E-state index in [1.807, 2.05) is 34.9 Å². The Morgan fingerprint density at radius 2 is 2.28 bits per heavy atom. The first-order valence-electron chi connectivity index (χ1n) is 5.54. The van der Waals surface area contributed by atoms with Gasteiger partial charge in [0.15, 0.2) is 16.4 Å². The fourth-order valence-electron chi connectivity index (χ4n) is 1.90. The molecule has 0 spiro atoms. The Morgan fingerprint density at radius 3 is 3.06 bits per heavy atom. The van der Waals surface area contributed by atoms with Crippen LogP contribution in [0.25, 0.3) is 22.6 Å². The van der Waals surface area contributed by atoms with E-state index in [2.05, 4.69) is 16.8 Å². The molecule has 3 rings (SSSR count). The quantitative estimate of drug-likeness (QED) is 0.576. The highest BCUT2D eigenvalue weighted by Gasteiger charge is 2.12. The number of benzene rings is 1. The van der Waals surface area contributed by atoms with Gasteiger partial charge in [0.25, 0.3) is 0 Å². The van der Waals surface area contributed by atoms with Crippen LogP contribution in [-0.2, 0) is 6.54 Å². The van der Waals surface area contributed by atoms with Gasteiger partial charge in [-0.05, 0) is 24.4 Å². The van der Waals surface area contributed by atoms with Crippen molar-refractivity contribution in [3.8, 4) is 11.6 Å². The van der Waals surface area contributed by atoms with Crippen molar-refractivity contribution in [1.29, 1.82) is 0 Å². The van der Waals surface area contributed by atoms with Crippen molar-refractivity contribution >= 4 is 23.2 Å². The van der Waals surface area contributed by atoms with Crippen molar-refractivity contribution in [2.24, 2.45) is 0 Å². The van der Waals surface area contributed by atoms with Crippen molar-refractivity contribution in [3.63, 3.8) is 0 Å². The monoisotopic (exact) mass is 257 g/mol. The normalized spacial score (nSPS) is 10.9. The van der Waals surface area contributed by atoms with Crippen LogP contribution in [-0.4, -0.2) is 14.8 Å². The third-order valence-electron chi connectivity index (χ3n) is 2.72. The minimum atomic E-state index is 0.561. The molecule has 2 heterocycles. The van der Waals surface area contributed by atoms with Crippen LogP contribution in [0.4, 0.5) is 0 Å². The van der Waals surface area contributed by atoms with Gasteiger partial charge in [-0.1, -0.05) is 24.3 Å². The van der Waals surface area contributed by atoms with E-state index in [-0.39, 0.29) is 0 Å². The second-order valence-corrected chi connectivity index (χ2v) is 4.29. The molecule has 5 heteroatoms. The van der Waals surface area contributed by atoms with E-state index in [9.17, 15) is 0 Å². The number of hydrogen-bond acceptors (Lipinski definition) is 3. The number of H-pyrrole nitrogens is 1. The molecule has 18 heavy (non-hydrogen) atoms. The summed E-state index contributed by atoms with van der Waals surface area (Å²) in [7, 11) is 0. The maximum atomic E-state index is 5.77. The second kappa shape index (κ2) is 4.27. The number of para-hydroxylation sites is 1. The summed E-state index contributed by atoms with van der Waals surface area (Å²) in [6, 6.07) is 9.80. The van der Waals surface area contributed by atoms with Crippen LogP contribution in [0.5, 0.6) is 0 Å². The smallest absolute Gasteiger partial charge is 0.198 e. The van der Waals surface area contributed by atoms with Gasteiger partial charge in [-0.3, -0.25) is 9.67 Å². The third kappa shape index (κ3) is 1.69. The van der Waals surface area contributed by atoms with Gasteiger partial charge in [0, 0.05) is 11.9 Å². The number of allylic oxidation sites excluding steroid dienone is 1. The van der Waals surface area contributed by atoms with Gasteiger partial charge in [0.1, 0.15) is 5.58 Å². The van der Waals surface area contributed by atoms with Crippen LogP contribution < -0.4 is 0 Å². The lowest BCUT2D eigenvalue weighted by atomic mass is 10.2. The van der Waals surface area contributed by atoms with E-state index in [0.717, 1.165) is 11.0 Å². The molecular weight excluding hydrogens is 246 g/mol. The van der Waals surface area contributed by atoms with E-state index in [1.165, 1.54) is 0 Å². The van der Waals surface area contributed by atoms with E-state index < -0.39 is 0 Å². The first-order valence-corrected chi connectivity index (χ1v) is 5.95. The molecule has 0 aliphatic rings. The van der Waals surface area contributed by atoms with Crippen LogP contribution in [0.15, 0.2) is 47.4 Å². The Balaban J connectivity index is 2.19. The Morgan fingerprint density at radius 1 is 1.44 bits per heavy atom. The molecule has 0 aliphatic carbocycles. The SMILES string of the molecule is C=CCn1c(-c2cc3ccccc3o2)n[nH]c1=S. The van der Waals surface area contributed by atoms with E-state index in [4.69, 9.17) is 16.6 Å². The molecule has 0 aliphatic heterocycles. The Bertz CT molecular complexity index is 733. The van der Waals surface area contributed by atoms with Crippen molar-refractivity contribution in [1.82, 2.24) is 14.8 Å². The van der Waals surface area contributed by atoms with Gasteiger partial charge < -0.3 is 4.42 Å². The van der Waals surface area contributed by atoms with Crippen LogP contribution in [0.3, 0.4) is 0 Å². The topological polar surface area (TPSA) is 46.8 Å². The molecule has 2 aromatic heterocycles. The fourth-order valence-corrected chi connectivity index (χ4v) is 2.10. The zero-order valence-corrected chi connectivity index (χ0v) is 10.4. The number of aromatic nitrogens is 3. The summed E-state index contributed by atoms with van der Waals surface area (Å²) in [5.41, 5.74) is 0.839. The van der Waals surface area contributed by atoms with Crippen LogP contribution in [0.2, 0.25) is 0 Å². The van der Waals surface area contributed by atoms with Crippen molar-refractivity contribution < 1.29 is 4.42 Å². The summed E-state index contributed by atoms with van der Waals surface area (Å²) in [6.07, 6.45) is 1.78. The lowest BCUT2D eigenvalue weighted by molar-refractivity contribution is 0.617. The molecule has 1 aromatic carbocycles. The largest absolute Gasteiger partial charge is 0.453 e. The summed E-state index contributed by atoms with van der Waals surface area (Å²) in [5, 5.41) is 8.02. The Labute approximate surface area is 109 Å². The number of hydrogen-bond donors (Lipinski definition) is 1. The minimum absolute atomic E-state index is 0.561. The van der Waals surface area contributed by atoms with Gasteiger partial charge in [-0.2, -0.15) is 5.10 Å². The van der Waals surface area contributed by atoms with Gasteiger partial charge >= 0.3 is 0 Å². The lowest BCUT2D eigenvalue weighted by Gasteiger charge is -1.99. The van der Waals surface area contributed by atoms with Crippen molar-refractivity contribution in [3.05, 3.63) is 47.8 Å². The van der Waals surface area contributed by atoms with E-state index in [1.54, 1.807) is 6.08 Å². The first-order chi connectivity index (χ1) is 8.79. The lowest BCUT2D eigenvalue weighted by Crippen LogP contribution is -1.97. The summed E-state index contributed by atoms with van der Waals surface area (Å²) < 4.78 is 8.18. The summed E-state index contributed by atoms with van der Waals surface area (Å²) in [6.45, 7) is 4.31. The van der Waals surface area contributed by atoms with Gasteiger partial charge in [0.2, 0.25) is 0 Å². The zero-order chi connectivity index (χ0) is 12.5. The van der Waals surface area contributed by atoms with Crippen LogP contribution in [0, 0.1) is 4.77 Å². The number of aromatic amines is 1. The molecule has 1 N–H and O–H groups in total. The summed E-state index contributed by atoms with van der Waals surface area (Å²) in [4.78, 5) is 0. The highest BCUT2D eigenvalue weighted by molar-refractivity contribution is 7.71. The number of fused-ring (bicyclic) bond motifs is 1. The predicted molar refractivity (Wildman–Crippen MR) is 72.8 cm³/mol. The van der Waals surface area contributed by atoms with E-state index >= 15 is 0 Å². The molecule has 3 aromatic rings. The van der Waals surface area contributed by atoms with Gasteiger partial charge in [-0.15, -0.1) is 6.58 Å². The molecule has 0 bridgehead atoms. The first kappa shape index (κ1) is 11.0. The molecule has 0 amide bonds. The fraction of sp³-hybridized carbons (Fsp3) is 0.0769. The molecule has 0 fully saturated rings. The minimum Gasteiger partial charge on any atom is -0.453 e. The van der Waals surface area contributed by atoms with Crippen molar-refractivity contribution in [2.75, 3.05) is 0 Å². The molecule has 0 saturated carbocycles. The third-order valence-corrected chi connectivity index (χ3v) is 3.03. The average molecular weight is 257 g/mol. The zero-order valence-electron chi connectivity index (χ0n) is 9.59. The highest BCUT2D eigenvalue weighted by Crippen LogP contribution is 2.26. The number of rotatable bonds is 3. The number of nitrogens with one attached hydrogen (secondary N) is 1. The second-order valence-electron chi connectivity index (χ2n) is 3.90. The molecule has 0 unspecified atom stereocenters.